The molecular formula is C19H18ClN5O2S. The number of hydrogen-bond acceptors (Lipinski definition) is 6. The van der Waals surface area contributed by atoms with Crippen LogP contribution in [-0.4, -0.2) is 45.0 Å². The molecular weight excluding hydrogens is 398 g/mol. The third-order valence-electron chi connectivity index (χ3n) is 4.39. The summed E-state index contributed by atoms with van der Waals surface area (Å²) in [6, 6.07) is 7.44. The Kier molecular flexibility index (Phi) is 5.23. The second-order valence-corrected chi connectivity index (χ2v) is 7.65. The van der Waals surface area contributed by atoms with Crippen LogP contribution in [-0.2, 0) is 6.42 Å². The topological polar surface area (TPSA) is 92.8 Å². The van der Waals surface area contributed by atoms with E-state index in [0.717, 1.165) is 22.5 Å². The highest BCUT2D eigenvalue weighted by Crippen LogP contribution is 2.39. The minimum absolute atomic E-state index is 0.182. The van der Waals surface area contributed by atoms with Crippen molar-refractivity contribution in [1.29, 1.82) is 0 Å². The molecule has 0 saturated carbocycles. The molecule has 144 valence electrons. The number of nitrogens with one attached hydrogen (secondary N) is 2. The number of hydrogen-bond donors (Lipinski definition) is 2. The number of aromatic nitrogens is 4. The Hall–Kier alpha value is -2.58. The molecule has 1 aromatic carbocycles. The van der Waals surface area contributed by atoms with Crippen molar-refractivity contribution in [3.05, 3.63) is 52.4 Å². The Bertz CT molecular complexity index is 1040. The van der Waals surface area contributed by atoms with Crippen LogP contribution in [0.3, 0.4) is 0 Å². The van der Waals surface area contributed by atoms with Crippen LogP contribution in [0.1, 0.15) is 21.7 Å². The van der Waals surface area contributed by atoms with Crippen LogP contribution in [0.4, 0.5) is 0 Å². The van der Waals surface area contributed by atoms with Crippen molar-refractivity contribution in [2.24, 2.45) is 0 Å². The van der Waals surface area contributed by atoms with Gasteiger partial charge in [0.1, 0.15) is 17.5 Å². The van der Waals surface area contributed by atoms with E-state index in [4.69, 9.17) is 16.3 Å². The maximum atomic E-state index is 12.2. The lowest BCUT2D eigenvalue weighted by Crippen LogP contribution is -2.34. The number of carbonyl (C=O) groups excluding carboxylic acids is 1. The Morgan fingerprint density at radius 1 is 1.43 bits per heavy atom. The number of benzene rings is 1. The van der Waals surface area contributed by atoms with Crippen molar-refractivity contribution >= 4 is 29.3 Å². The van der Waals surface area contributed by atoms with Gasteiger partial charge in [-0.25, -0.2) is 9.97 Å². The number of fused-ring (bicyclic) bond motifs is 1. The number of nitrogens with zero attached hydrogens (tertiary/aromatic N) is 3. The first-order valence-electron chi connectivity index (χ1n) is 8.70. The van der Waals surface area contributed by atoms with Crippen LogP contribution >= 0.6 is 23.4 Å². The number of thioether (sulfide) groups is 1. The molecule has 1 atom stereocenters. The average molecular weight is 416 g/mol. The molecule has 0 aliphatic carbocycles. The molecule has 0 fully saturated rings. The molecule has 0 radical (unpaired) electrons. The van der Waals surface area contributed by atoms with Gasteiger partial charge in [-0.1, -0.05) is 23.4 Å². The molecule has 1 aliphatic rings. The number of carbonyl (C=O) groups is 1. The third-order valence-corrected chi connectivity index (χ3v) is 5.24. The van der Waals surface area contributed by atoms with Crippen molar-refractivity contribution in [2.45, 2.75) is 24.6 Å². The number of aromatic amines is 1. The molecule has 1 aliphatic heterocycles. The Labute approximate surface area is 171 Å². The average Bonchev–Trinajstić information content (AvgIpc) is 3.32. The predicted molar refractivity (Wildman–Crippen MR) is 108 cm³/mol. The van der Waals surface area contributed by atoms with Crippen LogP contribution in [0.2, 0.25) is 5.02 Å². The normalized spacial score (nSPS) is 15.2. The van der Waals surface area contributed by atoms with Gasteiger partial charge in [-0.05, 0) is 37.4 Å². The van der Waals surface area contributed by atoms with E-state index in [0.29, 0.717) is 34.6 Å². The lowest BCUT2D eigenvalue weighted by molar-refractivity contribution is 0.0928. The third kappa shape index (κ3) is 3.83. The van der Waals surface area contributed by atoms with Crippen LogP contribution in [0.25, 0.3) is 11.3 Å². The van der Waals surface area contributed by atoms with Crippen LogP contribution in [0.15, 0.2) is 35.6 Å². The molecule has 1 amide bonds. The van der Waals surface area contributed by atoms with Gasteiger partial charge in [0, 0.05) is 29.4 Å². The second kappa shape index (κ2) is 7.81. The standard InChI is InChI=1S/C19H18ClN5O2S/c1-10-5-16(25-24-10)18(26)22-9-13-7-12-6-11(8-14(20)17(12)27-13)15-3-4-21-19(23-15)28-2/h3-6,8,13H,7,9H2,1-2H3,(H,22,26)(H,24,25). The SMILES string of the molecule is CSc1nccc(-c2cc(Cl)c3c(c2)CC(CNC(=O)c2cc(C)[nH]n2)O3)n1. The van der Waals surface area contributed by atoms with Gasteiger partial charge in [-0.2, -0.15) is 5.10 Å². The summed E-state index contributed by atoms with van der Waals surface area (Å²) in [6.45, 7) is 2.22. The predicted octanol–water partition coefficient (Wildman–Crippen LogP) is 3.28. The fraction of sp³-hybridized carbons (Fsp3) is 0.263. The summed E-state index contributed by atoms with van der Waals surface area (Å²) in [5.74, 6) is 0.431. The zero-order chi connectivity index (χ0) is 19.7. The Balaban J connectivity index is 1.47. The fourth-order valence-electron chi connectivity index (χ4n) is 3.08. The van der Waals surface area contributed by atoms with E-state index in [1.807, 2.05) is 31.4 Å². The lowest BCUT2D eigenvalue weighted by atomic mass is 10.0. The maximum Gasteiger partial charge on any atom is 0.271 e. The zero-order valence-electron chi connectivity index (χ0n) is 15.3. The summed E-state index contributed by atoms with van der Waals surface area (Å²) in [5, 5.41) is 10.8. The van der Waals surface area contributed by atoms with Gasteiger partial charge in [0.05, 0.1) is 17.3 Å². The summed E-state index contributed by atoms with van der Waals surface area (Å²) < 4.78 is 5.95. The van der Waals surface area contributed by atoms with Gasteiger partial charge < -0.3 is 10.1 Å². The summed E-state index contributed by atoms with van der Waals surface area (Å²) in [7, 11) is 0. The van der Waals surface area contributed by atoms with Crippen LogP contribution < -0.4 is 10.1 Å². The van der Waals surface area contributed by atoms with Gasteiger partial charge >= 0.3 is 0 Å². The second-order valence-electron chi connectivity index (χ2n) is 6.47. The largest absolute Gasteiger partial charge is 0.486 e. The van der Waals surface area contributed by atoms with Gasteiger partial charge in [0.25, 0.3) is 5.91 Å². The smallest absolute Gasteiger partial charge is 0.271 e. The molecule has 0 bridgehead atoms. The molecule has 0 spiro atoms. The van der Waals surface area contributed by atoms with Crippen molar-refractivity contribution < 1.29 is 9.53 Å². The van der Waals surface area contributed by atoms with Crippen molar-refractivity contribution in [3.63, 3.8) is 0 Å². The first-order chi connectivity index (χ1) is 13.5. The fourth-order valence-corrected chi connectivity index (χ4v) is 3.72. The monoisotopic (exact) mass is 415 g/mol. The van der Waals surface area contributed by atoms with Gasteiger partial charge in [-0.15, -0.1) is 0 Å². The maximum absolute atomic E-state index is 12.2. The summed E-state index contributed by atoms with van der Waals surface area (Å²) in [4.78, 5) is 20.9. The first-order valence-corrected chi connectivity index (χ1v) is 10.3. The van der Waals surface area contributed by atoms with E-state index in [-0.39, 0.29) is 12.0 Å². The zero-order valence-corrected chi connectivity index (χ0v) is 16.9. The number of rotatable bonds is 5. The van der Waals surface area contributed by atoms with E-state index >= 15 is 0 Å². The lowest BCUT2D eigenvalue weighted by Gasteiger charge is -2.11. The molecule has 2 aromatic heterocycles. The number of H-pyrrole nitrogens is 1. The highest BCUT2D eigenvalue weighted by atomic mass is 35.5. The Morgan fingerprint density at radius 3 is 3.04 bits per heavy atom. The highest BCUT2D eigenvalue weighted by Gasteiger charge is 2.27. The highest BCUT2D eigenvalue weighted by molar-refractivity contribution is 7.98. The van der Waals surface area contributed by atoms with Crippen LogP contribution in [0.5, 0.6) is 5.75 Å². The molecule has 3 heterocycles. The van der Waals surface area contributed by atoms with Crippen LogP contribution in [0, 0.1) is 6.92 Å². The van der Waals surface area contributed by atoms with Crippen molar-refractivity contribution in [3.8, 4) is 17.0 Å². The molecule has 0 saturated heterocycles. The van der Waals surface area contributed by atoms with E-state index in [1.54, 1.807) is 12.3 Å². The molecule has 1 unspecified atom stereocenters. The van der Waals surface area contributed by atoms with E-state index < -0.39 is 0 Å². The minimum Gasteiger partial charge on any atom is -0.486 e. The summed E-state index contributed by atoms with van der Waals surface area (Å²) in [5.41, 5.74) is 3.93. The summed E-state index contributed by atoms with van der Waals surface area (Å²) in [6.07, 6.45) is 4.15. The number of aryl methyl sites for hydroxylation is 1. The summed E-state index contributed by atoms with van der Waals surface area (Å²) >= 11 is 7.94. The molecule has 4 rings (SSSR count). The van der Waals surface area contributed by atoms with Gasteiger partial charge in [-0.3, -0.25) is 9.89 Å². The van der Waals surface area contributed by atoms with E-state index in [2.05, 4.69) is 25.5 Å². The molecule has 9 heteroatoms. The number of amides is 1. The molecule has 2 N–H and O–H groups in total. The molecule has 28 heavy (non-hydrogen) atoms. The Morgan fingerprint density at radius 2 is 2.29 bits per heavy atom. The van der Waals surface area contributed by atoms with Crippen molar-refractivity contribution in [2.75, 3.05) is 12.8 Å². The quantitative estimate of drug-likeness (QED) is 0.490. The van der Waals surface area contributed by atoms with Gasteiger partial charge in [0.15, 0.2) is 5.16 Å². The first kappa shape index (κ1) is 18.8. The van der Waals surface area contributed by atoms with E-state index in [1.165, 1.54) is 11.8 Å². The molecule has 3 aromatic rings. The van der Waals surface area contributed by atoms with E-state index in [9.17, 15) is 4.79 Å². The minimum atomic E-state index is -0.235. The number of ether oxygens (including phenoxy) is 1. The van der Waals surface area contributed by atoms with Gasteiger partial charge in [0.2, 0.25) is 0 Å². The molecule has 7 nitrogen and oxygen atoms in total. The van der Waals surface area contributed by atoms with Crippen molar-refractivity contribution in [1.82, 2.24) is 25.5 Å². The number of halogens is 1.